The van der Waals surface area contributed by atoms with Crippen LogP contribution in [0.15, 0.2) is 75.9 Å². The Morgan fingerprint density at radius 2 is 1.40 bits per heavy atom. The molecule has 4 rings (SSSR count). The Morgan fingerprint density at radius 1 is 0.771 bits per heavy atom. The van der Waals surface area contributed by atoms with Crippen LogP contribution in [0.2, 0.25) is 0 Å². The van der Waals surface area contributed by atoms with Gasteiger partial charge in [-0.3, -0.25) is 4.79 Å². The largest absolute Gasteiger partial charge is 0.494 e. The highest BCUT2D eigenvalue weighted by atomic mass is 16.5. The molecular weight excluding hydrogens is 436 g/mol. The van der Waals surface area contributed by atoms with E-state index < -0.39 is 0 Å². The lowest BCUT2D eigenvalue weighted by molar-refractivity contribution is 0.263. The summed E-state index contributed by atoms with van der Waals surface area (Å²) in [5.74, 6) is 1.61. The zero-order chi connectivity index (χ0) is 25.0. The predicted molar refractivity (Wildman–Crippen MR) is 143 cm³/mol. The van der Waals surface area contributed by atoms with Gasteiger partial charge in [-0.1, -0.05) is 68.8 Å². The van der Waals surface area contributed by atoms with Crippen molar-refractivity contribution in [2.45, 2.75) is 52.9 Å². The minimum absolute atomic E-state index is 0.0415. The van der Waals surface area contributed by atoms with Crippen molar-refractivity contribution < 1.29 is 13.9 Å². The molecule has 4 nitrogen and oxygen atoms in total. The molecule has 0 radical (unpaired) electrons. The van der Waals surface area contributed by atoms with Crippen LogP contribution < -0.4 is 14.9 Å². The van der Waals surface area contributed by atoms with Gasteiger partial charge in [-0.25, -0.2) is 0 Å². The lowest BCUT2D eigenvalue weighted by Crippen LogP contribution is -2.12. The summed E-state index contributed by atoms with van der Waals surface area (Å²) in [7, 11) is 0. The Balaban J connectivity index is 1.52. The van der Waals surface area contributed by atoms with Gasteiger partial charge in [0.1, 0.15) is 11.3 Å². The average molecular weight is 471 g/mol. The number of aryl methyl sites for hydroxylation is 2. The summed E-state index contributed by atoms with van der Waals surface area (Å²) < 4.78 is 18.1. The Labute approximate surface area is 207 Å². The molecule has 1 aromatic heterocycles. The molecule has 4 heteroatoms. The highest BCUT2D eigenvalue weighted by Gasteiger charge is 2.19. The molecule has 0 spiro atoms. The van der Waals surface area contributed by atoms with Crippen molar-refractivity contribution in [2.75, 3.05) is 13.2 Å². The number of unbranched alkanes of at least 4 members (excludes halogenated alkanes) is 1. The SMILES string of the molecule is Cc1ccc(OCCCCOc2c(-c3ccc(C(C)(C)C)cc3)oc3cc(C)ccc3c2=O)cc1. The van der Waals surface area contributed by atoms with Crippen LogP contribution in [-0.4, -0.2) is 13.2 Å². The molecule has 1 heterocycles. The van der Waals surface area contributed by atoms with Gasteiger partial charge in [-0.15, -0.1) is 0 Å². The molecule has 0 aliphatic rings. The molecule has 0 saturated heterocycles. The maximum absolute atomic E-state index is 13.4. The molecular formula is C31H34O4. The van der Waals surface area contributed by atoms with Crippen molar-refractivity contribution in [3.8, 4) is 22.8 Å². The van der Waals surface area contributed by atoms with Gasteiger partial charge in [-0.05, 0) is 67.5 Å². The molecule has 0 unspecified atom stereocenters. The lowest BCUT2D eigenvalue weighted by Gasteiger charge is -2.19. The van der Waals surface area contributed by atoms with E-state index in [0.717, 1.165) is 29.7 Å². The topological polar surface area (TPSA) is 48.7 Å². The van der Waals surface area contributed by atoms with Gasteiger partial charge in [0.05, 0.1) is 18.6 Å². The summed E-state index contributed by atoms with van der Waals surface area (Å²) in [6.07, 6.45) is 1.58. The van der Waals surface area contributed by atoms with Crippen LogP contribution in [0.4, 0.5) is 0 Å². The van der Waals surface area contributed by atoms with Crippen LogP contribution in [0.1, 0.15) is 50.3 Å². The second-order valence-corrected chi connectivity index (χ2v) is 10.1. The third-order valence-corrected chi connectivity index (χ3v) is 6.09. The van der Waals surface area contributed by atoms with Gasteiger partial charge < -0.3 is 13.9 Å². The molecule has 0 saturated carbocycles. The predicted octanol–water partition coefficient (Wildman–Crippen LogP) is 7.61. The van der Waals surface area contributed by atoms with Crippen molar-refractivity contribution in [3.63, 3.8) is 0 Å². The molecule has 0 aliphatic heterocycles. The Bertz CT molecular complexity index is 1340. The van der Waals surface area contributed by atoms with Crippen LogP contribution in [0.25, 0.3) is 22.3 Å². The van der Waals surface area contributed by atoms with Gasteiger partial charge in [0.15, 0.2) is 5.76 Å². The molecule has 0 aliphatic carbocycles. The molecule has 0 bridgehead atoms. The van der Waals surface area contributed by atoms with Crippen LogP contribution in [0.3, 0.4) is 0 Å². The highest BCUT2D eigenvalue weighted by molar-refractivity contribution is 5.82. The van der Waals surface area contributed by atoms with Gasteiger partial charge in [-0.2, -0.15) is 0 Å². The monoisotopic (exact) mass is 470 g/mol. The smallest absolute Gasteiger partial charge is 0.235 e. The first-order chi connectivity index (χ1) is 16.7. The number of ether oxygens (including phenoxy) is 2. The molecule has 3 aromatic carbocycles. The highest BCUT2D eigenvalue weighted by Crippen LogP contribution is 2.33. The average Bonchev–Trinajstić information content (AvgIpc) is 2.83. The standard InChI is InChI=1S/C31H34O4/c1-21-8-15-25(16-9-21)33-18-6-7-19-34-30-28(32)26-17-10-22(2)20-27(26)35-29(30)23-11-13-24(14-12-23)31(3,4)5/h8-17,20H,6-7,18-19H2,1-5H3. The minimum atomic E-state index is -0.142. The number of hydrogen-bond acceptors (Lipinski definition) is 4. The number of rotatable bonds is 8. The second-order valence-electron chi connectivity index (χ2n) is 10.1. The summed E-state index contributed by atoms with van der Waals surface area (Å²) in [6, 6.07) is 21.8. The zero-order valence-corrected chi connectivity index (χ0v) is 21.3. The zero-order valence-electron chi connectivity index (χ0n) is 21.3. The minimum Gasteiger partial charge on any atom is -0.494 e. The van der Waals surface area contributed by atoms with Crippen molar-refractivity contribution in [2.24, 2.45) is 0 Å². The van der Waals surface area contributed by atoms with Crippen LogP contribution in [0.5, 0.6) is 11.5 Å². The van der Waals surface area contributed by atoms with E-state index in [4.69, 9.17) is 13.9 Å². The maximum atomic E-state index is 13.4. The van der Waals surface area contributed by atoms with Gasteiger partial charge in [0.2, 0.25) is 11.2 Å². The lowest BCUT2D eigenvalue weighted by atomic mass is 9.86. The van der Waals surface area contributed by atoms with Crippen molar-refractivity contribution in [1.29, 1.82) is 0 Å². The summed E-state index contributed by atoms with van der Waals surface area (Å²) in [5.41, 5.74) is 4.77. The molecule has 0 fully saturated rings. The molecule has 0 N–H and O–H groups in total. The summed E-state index contributed by atoms with van der Waals surface area (Å²) in [4.78, 5) is 13.4. The fourth-order valence-corrected chi connectivity index (χ4v) is 3.93. The van der Waals surface area contributed by atoms with Crippen LogP contribution in [0, 0.1) is 13.8 Å². The van der Waals surface area contributed by atoms with Crippen molar-refractivity contribution >= 4 is 11.0 Å². The molecule has 0 atom stereocenters. The summed E-state index contributed by atoms with van der Waals surface area (Å²) >= 11 is 0. The maximum Gasteiger partial charge on any atom is 0.235 e. The van der Waals surface area contributed by atoms with E-state index in [1.54, 1.807) is 0 Å². The Kier molecular flexibility index (Phi) is 7.30. The van der Waals surface area contributed by atoms with E-state index in [1.165, 1.54) is 11.1 Å². The van der Waals surface area contributed by atoms with Crippen molar-refractivity contribution in [1.82, 2.24) is 0 Å². The number of hydrogen-bond donors (Lipinski definition) is 0. The van der Waals surface area contributed by atoms with Crippen LogP contribution in [-0.2, 0) is 5.41 Å². The normalized spacial score (nSPS) is 11.6. The third kappa shape index (κ3) is 5.94. The van der Waals surface area contributed by atoms with E-state index in [0.29, 0.717) is 29.9 Å². The van der Waals surface area contributed by atoms with E-state index in [2.05, 4.69) is 39.8 Å². The Morgan fingerprint density at radius 3 is 2.06 bits per heavy atom. The molecule has 0 amide bonds. The molecule has 182 valence electrons. The van der Waals surface area contributed by atoms with E-state index in [-0.39, 0.29) is 16.6 Å². The van der Waals surface area contributed by atoms with Gasteiger partial charge in [0, 0.05) is 5.56 Å². The van der Waals surface area contributed by atoms with E-state index in [1.807, 2.05) is 61.5 Å². The summed E-state index contributed by atoms with van der Waals surface area (Å²) in [6.45, 7) is 11.6. The summed E-state index contributed by atoms with van der Waals surface area (Å²) in [5, 5.41) is 0.531. The van der Waals surface area contributed by atoms with Crippen LogP contribution >= 0.6 is 0 Å². The first kappa shape index (κ1) is 24.6. The Hall–Kier alpha value is -3.53. The fourth-order valence-electron chi connectivity index (χ4n) is 3.93. The fraction of sp³-hybridized carbons (Fsp3) is 0.323. The van der Waals surface area contributed by atoms with E-state index in [9.17, 15) is 4.79 Å². The first-order valence-corrected chi connectivity index (χ1v) is 12.2. The van der Waals surface area contributed by atoms with Gasteiger partial charge in [0.25, 0.3) is 0 Å². The molecule has 4 aromatic rings. The second kappa shape index (κ2) is 10.4. The van der Waals surface area contributed by atoms with Crippen molar-refractivity contribution in [3.05, 3.63) is 93.6 Å². The first-order valence-electron chi connectivity index (χ1n) is 12.2. The third-order valence-electron chi connectivity index (χ3n) is 6.09. The number of benzene rings is 3. The number of fused-ring (bicyclic) bond motifs is 1. The van der Waals surface area contributed by atoms with E-state index >= 15 is 0 Å². The van der Waals surface area contributed by atoms with Gasteiger partial charge >= 0.3 is 0 Å². The molecule has 35 heavy (non-hydrogen) atoms. The quantitative estimate of drug-likeness (QED) is 0.249.